The Morgan fingerprint density at radius 1 is 1.00 bits per heavy atom. The predicted octanol–water partition coefficient (Wildman–Crippen LogP) is 4.86. The lowest BCUT2D eigenvalue weighted by Gasteiger charge is -2.14. The Morgan fingerprint density at radius 2 is 1.60 bits per heavy atom. The van der Waals surface area contributed by atoms with Crippen molar-refractivity contribution in [3.8, 4) is 0 Å². The van der Waals surface area contributed by atoms with Gasteiger partial charge in [0.15, 0.2) is 0 Å². The highest BCUT2D eigenvalue weighted by atomic mass is 79.9. The van der Waals surface area contributed by atoms with Gasteiger partial charge in [0.2, 0.25) is 0 Å². The molecule has 1 N–H and O–H groups in total. The Bertz CT molecular complexity index is 585. The Hall–Kier alpha value is -1.33. The Kier molecular flexibility index (Phi) is 4.20. The fraction of sp³-hybridized carbons (Fsp3) is 0.200. The lowest BCUT2D eigenvalue weighted by molar-refractivity contribution is -0.137. The van der Waals surface area contributed by atoms with E-state index in [1.807, 2.05) is 13.0 Å². The molecule has 0 amide bonds. The van der Waals surface area contributed by atoms with Crippen LogP contribution in [-0.2, 0) is 6.18 Å². The van der Waals surface area contributed by atoms with E-state index in [0.717, 1.165) is 22.2 Å². The van der Waals surface area contributed by atoms with Crippen LogP contribution in [0.1, 0.15) is 28.4 Å². The van der Waals surface area contributed by atoms with Crippen molar-refractivity contribution in [3.63, 3.8) is 0 Å². The predicted molar refractivity (Wildman–Crippen MR) is 74.4 cm³/mol. The van der Waals surface area contributed by atoms with E-state index in [1.54, 1.807) is 12.1 Å². The van der Waals surface area contributed by atoms with Crippen LogP contribution in [0.25, 0.3) is 0 Å². The molecular weight excluding hydrogens is 333 g/mol. The zero-order valence-corrected chi connectivity index (χ0v) is 12.2. The molecule has 0 bridgehead atoms. The van der Waals surface area contributed by atoms with Gasteiger partial charge in [0.1, 0.15) is 6.10 Å². The molecule has 20 heavy (non-hydrogen) atoms. The summed E-state index contributed by atoms with van der Waals surface area (Å²) in [7, 11) is 0. The third kappa shape index (κ3) is 3.41. The van der Waals surface area contributed by atoms with Gasteiger partial charge in [0, 0.05) is 4.47 Å². The molecule has 0 aliphatic rings. The molecular formula is C15H12BrF3O. The van der Waals surface area contributed by atoms with Crippen LogP contribution in [0, 0.1) is 6.92 Å². The van der Waals surface area contributed by atoms with Crippen LogP contribution >= 0.6 is 15.9 Å². The SMILES string of the molecule is Cc1cc(Br)cc(C(O)c2ccc(C(F)(F)F)cc2)c1. The normalized spacial score (nSPS) is 13.3. The molecule has 0 fully saturated rings. The number of aliphatic hydroxyl groups excluding tert-OH is 1. The van der Waals surface area contributed by atoms with Crippen LogP contribution in [0.5, 0.6) is 0 Å². The van der Waals surface area contributed by atoms with Gasteiger partial charge in [-0.15, -0.1) is 0 Å². The van der Waals surface area contributed by atoms with Crippen molar-refractivity contribution in [1.82, 2.24) is 0 Å². The van der Waals surface area contributed by atoms with Crippen molar-refractivity contribution in [3.05, 3.63) is 69.2 Å². The van der Waals surface area contributed by atoms with Gasteiger partial charge < -0.3 is 5.11 Å². The number of hydrogen-bond donors (Lipinski definition) is 1. The van der Waals surface area contributed by atoms with Crippen molar-refractivity contribution in [1.29, 1.82) is 0 Å². The van der Waals surface area contributed by atoms with Crippen LogP contribution in [0.2, 0.25) is 0 Å². The molecule has 0 spiro atoms. The summed E-state index contributed by atoms with van der Waals surface area (Å²) in [6.45, 7) is 1.88. The maximum absolute atomic E-state index is 12.5. The van der Waals surface area contributed by atoms with Gasteiger partial charge >= 0.3 is 6.18 Å². The molecule has 0 heterocycles. The molecule has 0 aliphatic heterocycles. The molecule has 0 saturated carbocycles. The first-order valence-electron chi connectivity index (χ1n) is 5.89. The van der Waals surface area contributed by atoms with E-state index in [1.165, 1.54) is 12.1 Å². The van der Waals surface area contributed by atoms with Crippen LogP contribution in [-0.4, -0.2) is 5.11 Å². The minimum Gasteiger partial charge on any atom is -0.384 e. The summed E-state index contributed by atoms with van der Waals surface area (Å²) in [5.74, 6) is 0. The van der Waals surface area contributed by atoms with E-state index in [4.69, 9.17) is 0 Å². The molecule has 1 nitrogen and oxygen atoms in total. The number of rotatable bonds is 2. The van der Waals surface area contributed by atoms with Gasteiger partial charge in [0.05, 0.1) is 5.56 Å². The van der Waals surface area contributed by atoms with Gasteiger partial charge in [0.25, 0.3) is 0 Å². The number of aryl methyl sites for hydroxylation is 1. The topological polar surface area (TPSA) is 20.2 Å². The van der Waals surface area contributed by atoms with Gasteiger partial charge in [-0.05, 0) is 47.9 Å². The number of benzene rings is 2. The van der Waals surface area contributed by atoms with Crippen LogP contribution < -0.4 is 0 Å². The molecule has 1 atom stereocenters. The molecule has 2 aromatic carbocycles. The Balaban J connectivity index is 2.31. The van der Waals surface area contributed by atoms with E-state index < -0.39 is 17.8 Å². The Labute approximate surface area is 123 Å². The monoisotopic (exact) mass is 344 g/mol. The fourth-order valence-electron chi connectivity index (χ4n) is 1.97. The van der Waals surface area contributed by atoms with Gasteiger partial charge in [-0.25, -0.2) is 0 Å². The molecule has 0 aliphatic carbocycles. The minimum atomic E-state index is -4.37. The van der Waals surface area contributed by atoms with Crippen molar-refractivity contribution >= 4 is 15.9 Å². The first kappa shape index (κ1) is 15.1. The van der Waals surface area contributed by atoms with E-state index in [2.05, 4.69) is 15.9 Å². The standard InChI is InChI=1S/C15H12BrF3O/c1-9-6-11(8-13(16)7-9)14(20)10-2-4-12(5-3-10)15(17,18)19/h2-8,14,20H,1H3. The second kappa shape index (κ2) is 5.58. The van der Waals surface area contributed by atoms with Crippen molar-refractivity contribution in [2.45, 2.75) is 19.2 Å². The molecule has 2 aromatic rings. The Morgan fingerprint density at radius 3 is 2.10 bits per heavy atom. The average Bonchev–Trinajstić information content (AvgIpc) is 2.36. The average molecular weight is 345 g/mol. The van der Waals surface area contributed by atoms with E-state index >= 15 is 0 Å². The number of alkyl halides is 3. The molecule has 0 radical (unpaired) electrons. The summed E-state index contributed by atoms with van der Waals surface area (Å²) in [5, 5.41) is 10.2. The zero-order valence-electron chi connectivity index (χ0n) is 10.6. The summed E-state index contributed by atoms with van der Waals surface area (Å²) in [6, 6.07) is 9.98. The van der Waals surface area contributed by atoms with E-state index in [0.29, 0.717) is 11.1 Å². The van der Waals surface area contributed by atoms with Crippen molar-refractivity contribution < 1.29 is 18.3 Å². The summed E-state index contributed by atoms with van der Waals surface area (Å²) in [4.78, 5) is 0. The first-order chi connectivity index (χ1) is 9.27. The lowest BCUT2D eigenvalue weighted by Crippen LogP contribution is -2.06. The summed E-state index contributed by atoms with van der Waals surface area (Å²) >= 11 is 3.33. The number of halogens is 4. The highest BCUT2D eigenvalue weighted by Gasteiger charge is 2.30. The molecule has 0 saturated heterocycles. The van der Waals surface area contributed by atoms with E-state index in [9.17, 15) is 18.3 Å². The second-order valence-corrected chi connectivity index (χ2v) is 5.50. The highest BCUT2D eigenvalue weighted by molar-refractivity contribution is 9.10. The van der Waals surface area contributed by atoms with Gasteiger partial charge in [-0.1, -0.05) is 34.1 Å². The third-order valence-electron chi connectivity index (χ3n) is 2.93. The van der Waals surface area contributed by atoms with Gasteiger partial charge in [-0.3, -0.25) is 0 Å². The van der Waals surface area contributed by atoms with Crippen molar-refractivity contribution in [2.75, 3.05) is 0 Å². The fourth-order valence-corrected chi connectivity index (χ4v) is 2.59. The molecule has 1 unspecified atom stereocenters. The maximum atomic E-state index is 12.5. The smallest absolute Gasteiger partial charge is 0.384 e. The number of hydrogen-bond acceptors (Lipinski definition) is 1. The molecule has 2 rings (SSSR count). The summed E-state index contributed by atoms with van der Waals surface area (Å²) < 4.78 is 38.3. The highest BCUT2D eigenvalue weighted by Crippen LogP contribution is 2.31. The second-order valence-electron chi connectivity index (χ2n) is 4.58. The summed E-state index contributed by atoms with van der Waals surface area (Å²) in [5.41, 5.74) is 1.30. The zero-order chi connectivity index (χ0) is 14.9. The van der Waals surface area contributed by atoms with Crippen LogP contribution in [0.15, 0.2) is 46.9 Å². The van der Waals surface area contributed by atoms with Crippen LogP contribution in [0.4, 0.5) is 13.2 Å². The molecule has 5 heteroatoms. The van der Waals surface area contributed by atoms with E-state index in [-0.39, 0.29) is 0 Å². The maximum Gasteiger partial charge on any atom is 0.416 e. The molecule has 106 valence electrons. The molecule has 0 aromatic heterocycles. The largest absolute Gasteiger partial charge is 0.416 e. The third-order valence-corrected chi connectivity index (χ3v) is 3.39. The van der Waals surface area contributed by atoms with Gasteiger partial charge in [-0.2, -0.15) is 13.2 Å². The summed E-state index contributed by atoms with van der Waals surface area (Å²) in [6.07, 6.45) is -5.32. The van der Waals surface area contributed by atoms with Crippen LogP contribution in [0.3, 0.4) is 0 Å². The number of aliphatic hydroxyl groups is 1. The van der Waals surface area contributed by atoms with Crippen molar-refractivity contribution in [2.24, 2.45) is 0 Å². The quantitative estimate of drug-likeness (QED) is 0.824. The minimum absolute atomic E-state index is 0.426. The first-order valence-corrected chi connectivity index (χ1v) is 6.69. The lowest BCUT2D eigenvalue weighted by atomic mass is 9.99.